The van der Waals surface area contributed by atoms with Gasteiger partial charge in [-0.15, -0.1) is 0 Å². The number of hydrogen-bond donors (Lipinski definition) is 7. The summed E-state index contributed by atoms with van der Waals surface area (Å²) < 4.78 is 76.5. The van der Waals surface area contributed by atoms with Gasteiger partial charge in [0.25, 0.3) is 0 Å². The summed E-state index contributed by atoms with van der Waals surface area (Å²) in [5.74, 6) is -2.38. The highest BCUT2D eigenvalue weighted by atomic mass is 127. The fourth-order valence-electron chi connectivity index (χ4n) is 11.6. The van der Waals surface area contributed by atoms with Crippen molar-refractivity contribution in [1.29, 1.82) is 0 Å². The van der Waals surface area contributed by atoms with E-state index in [1.54, 1.807) is 81.8 Å². The lowest BCUT2D eigenvalue weighted by molar-refractivity contribution is -0.141. The molecule has 7 N–H and O–H groups in total. The molecule has 0 saturated carbocycles. The molecule has 3 unspecified atom stereocenters. The van der Waals surface area contributed by atoms with Gasteiger partial charge in [-0.2, -0.15) is 0 Å². The number of halogens is 6. The average molecular weight is 1520 g/mol. The predicted molar refractivity (Wildman–Crippen MR) is 412 cm³/mol. The molecule has 20 heteroatoms. The molecule has 0 amide bonds. The minimum absolute atomic E-state index is 0.155. The van der Waals surface area contributed by atoms with Crippen molar-refractivity contribution in [2.24, 2.45) is 17.8 Å². The van der Waals surface area contributed by atoms with Gasteiger partial charge in [0.1, 0.15) is 29.1 Å². The number of hydrogen-bond acceptors (Lipinski definition) is 7. The van der Waals surface area contributed by atoms with Crippen LogP contribution < -0.4 is 15.9 Å². The molecule has 5 aromatic heterocycles. The number of aliphatic carboxylic acids is 1. The van der Waals surface area contributed by atoms with Gasteiger partial charge in [-0.3, -0.25) is 9.59 Å². The maximum atomic E-state index is 13.2. The first kappa shape index (κ1) is 77.7. The van der Waals surface area contributed by atoms with Crippen LogP contribution in [0.3, 0.4) is 0 Å². The standard InChI is InChI=1S/C23H23O2P.C14H14FNO2.C12H13FIN.C12H12FNO2.C12H14FNO.C9H6FNO/c1-3-25-23(24)19(2)26(20-13-7-4-8-14-20,21-15-9-5-10-16-21)22-17-11-6-12-18-22;1-3-18-14(17)9(2)6-10-8-16-13-5-4-11(15)7-12(10)13;1-8(6-14)4-9-7-15-12-3-2-10(13)5-11(9)12;1-7(12(15)16)4-8-6-14-11-3-2-9(13)5-10(8)11;1-8(7-15)4-9-6-14-12-3-2-10(13)5-11(9)12;10-7-1-2-9-8(3-7)6(5-12)4-11-9/h4-18H,3H2,1-2H3;4-8,16H,3H2,1-2H3;2-3,5,7-8,15H,4,6H2,1H3;2-3,5-7,14H,4H2,1H3,(H,15,16);2-3,5-6,8,14-15H,4,7H2,1H3;1-5,11H/b;9-6+;;;;. The van der Waals surface area contributed by atoms with E-state index in [1.165, 1.54) is 60.2 Å². The fraction of sp³-hybridized carbons (Fsp3) is 0.207. The number of carbonyl (C=O) groups is 4. The van der Waals surface area contributed by atoms with Crippen LogP contribution in [0, 0.1) is 46.8 Å². The van der Waals surface area contributed by atoms with Crippen LogP contribution in [0.2, 0.25) is 0 Å². The number of nitrogens with one attached hydrogen (secondary N) is 5. The number of carbonyl (C=O) groups excluding carboxylic acids is 3. The van der Waals surface area contributed by atoms with Crippen LogP contribution >= 0.6 is 29.5 Å². The molecule has 102 heavy (non-hydrogen) atoms. The van der Waals surface area contributed by atoms with Gasteiger partial charge in [0.05, 0.1) is 19.1 Å². The lowest BCUT2D eigenvalue weighted by Crippen LogP contribution is -2.33. The molecule has 0 aliphatic heterocycles. The Kier molecular flexibility index (Phi) is 28.6. The smallest absolute Gasteiger partial charge is 0.334 e. The highest BCUT2D eigenvalue weighted by Crippen LogP contribution is 2.46. The molecule has 0 bridgehead atoms. The summed E-state index contributed by atoms with van der Waals surface area (Å²) in [6.07, 6.45) is 13.5. The molecule has 0 aliphatic carbocycles. The summed E-state index contributed by atoms with van der Waals surface area (Å²) >= 11 is 2.38. The molecule has 0 spiro atoms. The molecule has 13 nitrogen and oxygen atoms in total. The van der Waals surface area contributed by atoms with Gasteiger partial charge in [-0.25, -0.2) is 31.5 Å². The summed E-state index contributed by atoms with van der Waals surface area (Å²) in [5, 5.41) is 26.1. The summed E-state index contributed by atoms with van der Waals surface area (Å²) in [5.41, 5.74) is 9.26. The van der Waals surface area contributed by atoms with Crippen LogP contribution in [0.25, 0.3) is 60.6 Å². The molecular weight excluding hydrogens is 1440 g/mol. The Bertz CT molecular complexity index is 4840. The van der Waals surface area contributed by atoms with E-state index < -0.39 is 18.8 Å². The number of aliphatic hydroxyl groups is 1. The molecule has 0 fully saturated rings. The molecule has 0 saturated heterocycles. The topological polar surface area (TPSA) is 206 Å². The van der Waals surface area contributed by atoms with Crippen LogP contribution in [-0.4, -0.2) is 88.9 Å². The van der Waals surface area contributed by atoms with Crippen molar-refractivity contribution >= 4 is 135 Å². The zero-order valence-electron chi connectivity index (χ0n) is 57.6. The number of fused-ring (bicyclic) bond motifs is 5. The number of esters is 2. The van der Waals surface area contributed by atoms with Gasteiger partial charge in [-0.05, 0) is 195 Å². The number of aromatic amines is 5. The van der Waals surface area contributed by atoms with E-state index in [4.69, 9.17) is 19.7 Å². The SMILES string of the molecule is CC(CI)Cc1c[nH]c2ccc(F)cc12.CC(CO)Cc1c[nH]c2ccc(F)cc12.CC(Cc1c[nH]c2ccc(F)cc12)C(=O)O.CCOC(=O)/C(C)=C/c1c[nH]c2ccc(F)cc12.CCOC(=O)C(C)=P(c1ccccc1)(c1ccccc1)c1ccccc1.O=Cc1c[nH]c2ccc(F)cc12. The van der Waals surface area contributed by atoms with E-state index in [2.05, 4.69) is 90.8 Å². The van der Waals surface area contributed by atoms with Crippen LogP contribution in [0.1, 0.15) is 81.1 Å². The lowest BCUT2D eigenvalue weighted by atomic mass is 10.0. The molecular formula is C82H82F5IN5O8P. The Morgan fingerprint density at radius 1 is 0.471 bits per heavy atom. The third-order valence-electron chi connectivity index (χ3n) is 16.8. The number of alkyl halides is 1. The van der Waals surface area contributed by atoms with Crippen LogP contribution in [-0.2, 0) is 43.1 Å². The van der Waals surface area contributed by atoms with E-state index in [1.807, 2.05) is 87.8 Å². The van der Waals surface area contributed by atoms with Gasteiger partial charge < -0.3 is 44.6 Å². The third-order valence-corrected chi connectivity index (χ3v) is 22.7. The van der Waals surface area contributed by atoms with Crippen molar-refractivity contribution in [1.82, 2.24) is 24.9 Å². The zero-order chi connectivity index (χ0) is 73.5. The Hall–Kier alpha value is -10.1. The number of aromatic nitrogens is 5. The summed E-state index contributed by atoms with van der Waals surface area (Å²) in [6.45, 7) is 11.6. The summed E-state index contributed by atoms with van der Waals surface area (Å²) in [7, 11) is 0. The first-order valence-electron chi connectivity index (χ1n) is 33.2. The van der Waals surface area contributed by atoms with Gasteiger partial charge in [-0.1, -0.05) is 134 Å². The molecule has 13 rings (SSSR count). The molecule has 13 aromatic rings. The minimum atomic E-state index is -2.29. The Morgan fingerprint density at radius 2 is 0.804 bits per heavy atom. The quantitative estimate of drug-likeness (QED) is 0.00835. The van der Waals surface area contributed by atoms with Gasteiger partial charge in [0.2, 0.25) is 0 Å². The molecule has 0 radical (unpaired) electrons. The van der Waals surface area contributed by atoms with Crippen molar-refractivity contribution in [3.8, 4) is 0 Å². The van der Waals surface area contributed by atoms with Crippen LogP contribution in [0.5, 0.6) is 0 Å². The van der Waals surface area contributed by atoms with Crippen molar-refractivity contribution in [3.63, 3.8) is 0 Å². The summed E-state index contributed by atoms with van der Waals surface area (Å²) in [6, 6.07) is 53.8. The maximum absolute atomic E-state index is 13.2. The predicted octanol–water partition coefficient (Wildman–Crippen LogP) is 18.1. The lowest BCUT2D eigenvalue weighted by Gasteiger charge is -2.31. The van der Waals surface area contributed by atoms with E-state index in [0.717, 1.165) is 104 Å². The monoisotopic (exact) mass is 1520 g/mol. The van der Waals surface area contributed by atoms with Gasteiger partial charge >= 0.3 is 17.9 Å². The minimum Gasteiger partial charge on any atom is -0.481 e. The second-order valence-electron chi connectivity index (χ2n) is 24.4. The van der Waals surface area contributed by atoms with E-state index >= 15 is 0 Å². The fourth-order valence-corrected chi connectivity index (χ4v) is 16.1. The largest absolute Gasteiger partial charge is 0.481 e. The number of aliphatic hydroxyl groups excluding tert-OH is 1. The van der Waals surface area contributed by atoms with E-state index in [0.29, 0.717) is 48.4 Å². The first-order valence-corrected chi connectivity index (χ1v) is 36.5. The maximum Gasteiger partial charge on any atom is 0.334 e. The Balaban J connectivity index is 0.000000158. The first-order chi connectivity index (χ1) is 49.1. The van der Waals surface area contributed by atoms with E-state index in [9.17, 15) is 41.1 Å². The van der Waals surface area contributed by atoms with Crippen molar-refractivity contribution < 1.29 is 60.8 Å². The van der Waals surface area contributed by atoms with Crippen LogP contribution in [0.15, 0.2) is 219 Å². The second-order valence-corrected chi connectivity index (χ2v) is 28.9. The van der Waals surface area contributed by atoms with Crippen LogP contribution in [0.4, 0.5) is 22.0 Å². The van der Waals surface area contributed by atoms with Gasteiger partial charge in [0, 0.05) is 119 Å². The Labute approximate surface area is 602 Å². The highest BCUT2D eigenvalue weighted by Gasteiger charge is 2.31. The molecule has 0 aliphatic rings. The molecule has 530 valence electrons. The number of H-pyrrole nitrogens is 5. The number of carboxylic acid groups (broad SMARTS) is 1. The Morgan fingerprint density at radius 3 is 1.17 bits per heavy atom. The van der Waals surface area contributed by atoms with Gasteiger partial charge in [0.15, 0.2) is 6.29 Å². The summed E-state index contributed by atoms with van der Waals surface area (Å²) in [4.78, 5) is 60.7. The van der Waals surface area contributed by atoms with Crippen molar-refractivity contribution in [2.75, 3.05) is 24.2 Å². The normalized spacial score (nSPS) is 12.0. The second kappa shape index (κ2) is 37.6. The number of aldehydes is 1. The number of ether oxygens (including phenoxy) is 2. The number of carboxylic acids is 1. The number of benzene rings is 8. The van der Waals surface area contributed by atoms with Crippen molar-refractivity contribution in [3.05, 3.63) is 275 Å². The highest BCUT2D eigenvalue weighted by molar-refractivity contribution is 14.1. The van der Waals surface area contributed by atoms with Crippen molar-refractivity contribution in [2.45, 2.75) is 67.7 Å². The molecule has 5 heterocycles. The zero-order valence-corrected chi connectivity index (χ0v) is 60.7. The third kappa shape index (κ3) is 20.1. The molecule has 3 atom stereocenters. The van der Waals surface area contributed by atoms with E-state index in [-0.39, 0.29) is 53.5 Å². The number of rotatable bonds is 18. The molecule has 8 aromatic carbocycles. The average Bonchev–Trinajstić information content (AvgIpc) is 1.10.